The molecule has 1 heterocycles. The van der Waals surface area contributed by atoms with Gasteiger partial charge in [-0.15, -0.1) is 0 Å². The lowest BCUT2D eigenvalue weighted by atomic mass is 9.99. The van der Waals surface area contributed by atoms with E-state index < -0.39 is 0 Å². The molecule has 2 heteroatoms. The van der Waals surface area contributed by atoms with E-state index in [-0.39, 0.29) is 0 Å². The van der Waals surface area contributed by atoms with Crippen molar-refractivity contribution >= 4 is 5.69 Å². The lowest BCUT2D eigenvalue weighted by Crippen LogP contribution is -2.30. The van der Waals surface area contributed by atoms with Gasteiger partial charge in [-0.1, -0.05) is 36.4 Å². The third-order valence-electron chi connectivity index (χ3n) is 3.81. The van der Waals surface area contributed by atoms with Gasteiger partial charge < -0.3 is 10.2 Å². The zero-order chi connectivity index (χ0) is 13.1. The Labute approximate surface area is 115 Å². The molecule has 1 aliphatic heterocycles. The largest absolute Gasteiger partial charge is 0.367 e. The average Bonchev–Trinajstić information content (AvgIpc) is 2.48. The second-order valence-electron chi connectivity index (χ2n) is 5.14. The number of benzene rings is 2. The van der Waals surface area contributed by atoms with Crippen LogP contribution in [0.5, 0.6) is 0 Å². The monoisotopic (exact) mass is 252 g/mol. The molecule has 2 nitrogen and oxygen atoms in total. The smallest absolute Gasteiger partial charge is 0.0432 e. The Morgan fingerprint density at radius 1 is 1.00 bits per heavy atom. The van der Waals surface area contributed by atoms with E-state index in [1.807, 2.05) is 7.05 Å². The fourth-order valence-corrected chi connectivity index (χ4v) is 2.74. The molecular formula is C17H20N2. The van der Waals surface area contributed by atoms with E-state index in [9.17, 15) is 0 Å². The zero-order valence-corrected chi connectivity index (χ0v) is 11.4. The predicted octanol–water partition coefficient (Wildman–Crippen LogP) is 2.97. The molecule has 0 aromatic heterocycles. The van der Waals surface area contributed by atoms with Gasteiger partial charge in [-0.3, -0.25) is 0 Å². The number of hydrogen-bond donors (Lipinski definition) is 1. The second-order valence-corrected chi connectivity index (χ2v) is 5.14. The standard InChI is InChI=1S/C17H20N2/c1-18-12-14-6-8-17(9-7-14)19-11-10-15-4-2-3-5-16(15)13-19/h2-9,18H,10-13H2,1H3. The number of anilines is 1. The van der Waals surface area contributed by atoms with E-state index in [4.69, 9.17) is 0 Å². The lowest BCUT2D eigenvalue weighted by Gasteiger charge is -2.30. The van der Waals surface area contributed by atoms with E-state index in [1.165, 1.54) is 22.4 Å². The molecule has 0 unspecified atom stereocenters. The van der Waals surface area contributed by atoms with E-state index in [2.05, 4.69) is 58.7 Å². The first-order chi connectivity index (χ1) is 9.36. The molecule has 0 bridgehead atoms. The molecule has 0 atom stereocenters. The van der Waals surface area contributed by atoms with Crippen molar-refractivity contribution < 1.29 is 0 Å². The van der Waals surface area contributed by atoms with E-state index >= 15 is 0 Å². The number of fused-ring (bicyclic) bond motifs is 1. The van der Waals surface area contributed by atoms with Gasteiger partial charge in [-0.05, 0) is 42.3 Å². The molecule has 0 aliphatic carbocycles. The Balaban J connectivity index is 1.77. The Morgan fingerprint density at radius 3 is 2.47 bits per heavy atom. The van der Waals surface area contributed by atoms with Crippen LogP contribution in [0.3, 0.4) is 0 Å². The summed E-state index contributed by atoms with van der Waals surface area (Å²) in [5.41, 5.74) is 5.64. The maximum atomic E-state index is 3.18. The molecule has 2 aromatic rings. The number of hydrogen-bond acceptors (Lipinski definition) is 2. The van der Waals surface area contributed by atoms with Gasteiger partial charge in [0.25, 0.3) is 0 Å². The Bertz CT molecular complexity index is 545. The fraction of sp³-hybridized carbons (Fsp3) is 0.294. The quantitative estimate of drug-likeness (QED) is 0.903. The highest BCUT2D eigenvalue weighted by Crippen LogP contribution is 2.24. The minimum Gasteiger partial charge on any atom is -0.367 e. The number of nitrogens with zero attached hydrogens (tertiary/aromatic N) is 1. The summed E-state index contributed by atoms with van der Waals surface area (Å²) in [5.74, 6) is 0. The molecule has 3 rings (SSSR count). The van der Waals surface area contributed by atoms with Crippen molar-refractivity contribution in [2.75, 3.05) is 18.5 Å². The van der Waals surface area contributed by atoms with E-state index in [1.54, 1.807) is 0 Å². The molecular weight excluding hydrogens is 232 g/mol. The average molecular weight is 252 g/mol. The Hall–Kier alpha value is -1.80. The molecule has 19 heavy (non-hydrogen) atoms. The van der Waals surface area contributed by atoms with Gasteiger partial charge in [0.1, 0.15) is 0 Å². The molecule has 1 aliphatic rings. The fourth-order valence-electron chi connectivity index (χ4n) is 2.74. The van der Waals surface area contributed by atoms with Gasteiger partial charge in [0, 0.05) is 25.3 Å². The summed E-state index contributed by atoms with van der Waals surface area (Å²) in [7, 11) is 1.98. The summed E-state index contributed by atoms with van der Waals surface area (Å²) in [4.78, 5) is 2.46. The topological polar surface area (TPSA) is 15.3 Å². The van der Waals surface area contributed by atoms with Gasteiger partial charge in [-0.25, -0.2) is 0 Å². The summed E-state index contributed by atoms with van der Waals surface area (Å²) < 4.78 is 0. The van der Waals surface area contributed by atoms with Crippen LogP contribution in [0.4, 0.5) is 5.69 Å². The minimum atomic E-state index is 0.934. The van der Waals surface area contributed by atoms with Crippen LogP contribution in [-0.4, -0.2) is 13.6 Å². The molecule has 98 valence electrons. The molecule has 2 aromatic carbocycles. The SMILES string of the molecule is CNCc1ccc(N2CCc3ccccc3C2)cc1. The zero-order valence-electron chi connectivity index (χ0n) is 11.4. The van der Waals surface area contributed by atoms with Crippen LogP contribution < -0.4 is 10.2 Å². The summed E-state index contributed by atoms with van der Waals surface area (Å²) in [5, 5.41) is 3.18. The Morgan fingerprint density at radius 2 is 1.74 bits per heavy atom. The van der Waals surface area contributed by atoms with Crippen LogP contribution in [0.25, 0.3) is 0 Å². The third-order valence-corrected chi connectivity index (χ3v) is 3.81. The van der Waals surface area contributed by atoms with E-state index in [0.29, 0.717) is 0 Å². The molecule has 0 saturated carbocycles. The first-order valence-corrected chi connectivity index (χ1v) is 6.92. The maximum absolute atomic E-state index is 3.18. The van der Waals surface area contributed by atoms with Crippen molar-refractivity contribution in [3.8, 4) is 0 Å². The number of rotatable bonds is 3. The summed E-state index contributed by atoms with van der Waals surface area (Å²) >= 11 is 0. The summed E-state index contributed by atoms with van der Waals surface area (Å²) in [6.45, 7) is 3.08. The molecule has 0 saturated heterocycles. The minimum absolute atomic E-state index is 0.934. The van der Waals surface area contributed by atoms with Crippen LogP contribution in [0, 0.1) is 0 Å². The van der Waals surface area contributed by atoms with Gasteiger partial charge in [0.15, 0.2) is 0 Å². The van der Waals surface area contributed by atoms with Crippen molar-refractivity contribution in [3.63, 3.8) is 0 Å². The van der Waals surface area contributed by atoms with Crippen LogP contribution in [0.15, 0.2) is 48.5 Å². The van der Waals surface area contributed by atoms with Crippen LogP contribution in [-0.2, 0) is 19.5 Å². The highest BCUT2D eigenvalue weighted by molar-refractivity contribution is 5.50. The Kier molecular flexibility index (Phi) is 3.51. The normalized spacial score (nSPS) is 14.3. The highest BCUT2D eigenvalue weighted by Gasteiger charge is 2.15. The van der Waals surface area contributed by atoms with Crippen LogP contribution in [0.2, 0.25) is 0 Å². The van der Waals surface area contributed by atoms with Crippen molar-refractivity contribution in [2.24, 2.45) is 0 Å². The van der Waals surface area contributed by atoms with E-state index in [0.717, 1.165) is 26.1 Å². The predicted molar refractivity (Wildman–Crippen MR) is 80.4 cm³/mol. The lowest BCUT2D eigenvalue weighted by molar-refractivity contribution is 0.731. The van der Waals surface area contributed by atoms with Gasteiger partial charge in [0.2, 0.25) is 0 Å². The molecule has 0 spiro atoms. The highest BCUT2D eigenvalue weighted by atomic mass is 15.1. The van der Waals surface area contributed by atoms with Crippen molar-refractivity contribution in [3.05, 3.63) is 65.2 Å². The van der Waals surface area contributed by atoms with Gasteiger partial charge in [-0.2, -0.15) is 0 Å². The molecule has 0 fully saturated rings. The first-order valence-electron chi connectivity index (χ1n) is 6.92. The molecule has 0 radical (unpaired) electrons. The van der Waals surface area contributed by atoms with Crippen LogP contribution in [0.1, 0.15) is 16.7 Å². The van der Waals surface area contributed by atoms with Crippen molar-refractivity contribution in [1.29, 1.82) is 0 Å². The summed E-state index contributed by atoms with van der Waals surface area (Å²) in [6.07, 6.45) is 1.15. The second kappa shape index (κ2) is 5.45. The maximum Gasteiger partial charge on any atom is 0.0432 e. The van der Waals surface area contributed by atoms with Crippen LogP contribution >= 0.6 is 0 Å². The van der Waals surface area contributed by atoms with Crippen molar-refractivity contribution in [1.82, 2.24) is 5.32 Å². The van der Waals surface area contributed by atoms with Crippen molar-refractivity contribution in [2.45, 2.75) is 19.5 Å². The third kappa shape index (κ3) is 2.64. The van der Waals surface area contributed by atoms with Gasteiger partial charge in [0.05, 0.1) is 0 Å². The number of nitrogens with one attached hydrogen (secondary N) is 1. The summed E-state index contributed by atoms with van der Waals surface area (Å²) in [6, 6.07) is 17.7. The molecule has 1 N–H and O–H groups in total. The first kappa shape index (κ1) is 12.2. The molecule has 0 amide bonds. The van der Waals surface area contributed by atoms with Gasteiger partial charge >= 0.3 is 0 Å².